The molecule has 0 aromatic heterocycles. The van der Waals surface area contributed by atoms with Gasteiger partial charge in [0.25, 0.3) is 0 Å². The molecule has 0 bridgehead atoms. The molecular weight excluding hydrogens is 258 g/mol. The van der Waals surface area contributed by atoms with Crippen LogP contribution in [-0.4, -0.2) is 23.8 Å². The van der Waals surface area contributed by atoms with Crippen LogP contribution in [0, 0.1) is 0 Å². The van der Waals surface area contributed by atoms with Crippen LogP contribution >= 0.6 is 0 Å². The average Bonchev–Trinajstić information content (AvgIpc) is 3.17. The summed E-state index contributed by atoms with van der Waals surface area (Å²) in [6.45, 7) is 3.66. The van der Waals surface area contributed by atoms with Crippen molar-refractivity contribution < 1.29 is 19.4 Å². The molecule has 1 fully saturated rings. The molecule has 1 aliphatic carbocycles. The van der Waals surface area contributed by atoms with Crippen molar-refractivity contribution >= 4 is 12.1 Å². The van der Waals surface area contributed by atoms with Gasteiger partial charge in [-0.25, -0.2) is 4.79 Å². The van der Waals surface area contributed by atoms with E-state index in [9.17, 15) is 9.59 Å². The van der Waals surface area contributed by atoms with Gasteiger partial charge in [-0.15, -0.1) is 0 Å². The number of ether oxygens (including phenoxy) is 1. The molecule has 1 aromatic carbocycles. The molecular formula is C15H17NO4. The van der Waals surface area contributed by atoms with Crippen LogP contribution in [0.25, 0.3) is 0 Å². The van der Waals surface area contributed by atoms with Crippen molar-refractivity contribution in [3.63, 3.8) is 0 Å². The molecule has 1 amide bonds. The molecule has 106 valence electrons. The molecule has 2 N–H and O–H groups in total. The molecule has 2 rings (SSSR count). The van der Waals surface area contributed by atoms with E-state index in [0.29, 0.717) is 0 Å². The number of carbonyl (C=O) groups excluding carboxylic acids is 1. The van der Waals surface area contributed by atoms with Crippen molar-refractivity contribution in [2.24, 2.45) is 0 Å². The van der Waals surface area contributed by atoms with Gasteiger partial charge < -0.3 is 15.2 Å². The van der Waals surface area contributed by atoms with Crippen LogP contribution in [0.1, 0.15) is 24.0 Å². The van der Waals surface area contributed by atoms with Gasteiger partial charge in [0.15, 0.2) is 0 Å². The zero-order valence-corrected chi connectivity index (χ0v) is 11.1. The third kappa shape index (κ3) is 3.38. The molecule has 0 aliphatic heterocycles. The van der Waals surface area contributed by atoms with Gasteiger partial charge in [0.05, 0.1) is 12.0 Å². The molecule has 0 radical (unpaired) electrons. The Kier molecular flexibility index (Phi) is 4.08. The monoisotopic (exact) mass is 275 g/mol. The van der Waals surface area contributed by atoms with Gasteiger partial charge in [0.2, 0.25) is 0 Å². The SMILES string of the molecule is C=CCOC(=O)NC1(c2ccc(CC(=O)O)cc2)CC1. The maximum atomic E-state index is 11.6. The Morgan fingerprint density at radius 3 is 2.50 bits per heavy atom. The number of hydrogen-bond donors (Lipinski definition) is 2. The first-order valence-electron chi connectivity index (χ1n) is 6.43. The van der Waals surface area contributed by atoms with E-state index < -0.39 is 12.1 Å². The molecule has 0 saturated heterocycles. The number of carboxylic acids is 1. The summed E-state index contributed by atoms with van der Waals surface area (Å²) in [4.78, 5) is 22.2. The second-order valence-corrected chi connectivity index (χ2v) is 4.86. The van der Waals surface area contributed by atoms with Gasteiger partial charge in [-0.1, -0.05) is 36.9 Å². The molecule has 0 spiro atoms. The number of nitrogens with one attached hydrogen (secondary N) is 1. The van der Waals surface area contributed by atoms with Crippen molar-refractivity contribution in [1.82, 2.24) is 5.32 Å². The third-order valence-electron chi connectivity index (χ3n) is 3.29. The fourth-order valence-corrected chi connectivity index (χ4v) is 2.09. The molecule has 1 saturated carbocycles. The first-order chi connectivity index (χ1) is 9.55. The molecule has 1 aliphatic rings. The van der Waals surface area contributed by atoms with Crippen LogP contribution in [0.3, 0.4) is 0 Å². The van der Waals surface area contributed by atoms with E-state index in [1.807, 2.05) is 12.1 Å². The molecule has 1 aromatic rings. The molecule has 0 atom stereocenters. The highest BCUT2D eigenvalue weighted by Gasteiger charge is 2.46. The molecule has 20 heavy (non-hydrogen) atoms. The van der Waals surface area contributed by atoms with Crippen LogP contribution in [0.5, 0.6) is 0 Å². The predicted molar refractivity (Wildman–Crippen MR) is 73.4 cm³/mol. The summed E-state index contributed by atoms with van der Waals surface area (Å²) in [6.07, 6.45) is 2.77. The highest BCUT2D eigenvalue weighted by molar-refractivity contribution is 5.71. The standard InChI is InChI=1S/C15H17NO4/c1-2-9-20-14(19)16-15(7-8-15)12-5-3-11(4-6-12)10-13(17)18/h2-6H,1,7-10H2,(H,16,19)(H,17,18). The topological polar surface area (TPSA) is 75.6 Å². The normalized spacial score (nSPS) is 15.2. The summed E-state index contributed by atoms with van der Waals surface area (Å²) in [6, 6.07) is 7.28. The van der Waals surface area contributed by atoms with Gasteiger partial charge in [0, 0.05) is 0 Å². The minimum Gasteiger partial charge on any atom is -0.481 e. The van der Waals surface area contributed by atoms with Crippen molar-refractivity contribution in [3.05, 3.63) is 48.0 Å². The number of rotatable bonds is 6. The Hall–Kier alpha value is -2.30. The van der Waals surface area contributed by atoms with E-state index in [1.54, 1.807) is 12.1 Å². The summed E-state index contributed by atoms with van der Waals surface area (Å²) in [5.74, 6) is -0.856. The molecule has 5 heteroatoms. The minimum absolute atomic E-state index is 0.00207. The first kappa shape index (κ1) is 14.1. The van der Waals surface area contributed by atoms with Crippen LogP contribution in [0.2, 0.25) is 0 Å². The maximum absolute atomic E-state index is 11.6. The quantitative estimate of drug-likeness (QED) is 0.780. The van der Waals surface area contributed by atoms with Crippen molar-refractivity contribution in [3.8, 4) is 0 Å². The van der Waals surface area contributed by atoms with Gasteiger partial charge in [-0.05, 0) is 24.0 Å². The van der Waals surface area contributed by atoms with Crippen LogP contribution in [-0.2, 0) is 21.5 Å². The zero-order chi connectivity index (χ0) is 14.6. The summed E-state index contributed by atoms with van der Waals surface area (Å²) in [5.41, 5.74) is 1.36. The lowest BCUT2D eigenvalue weighted by molar-refractivity contribution is -0.136. The largest absolute Gasteiger partial charge is 0.481 e. The Bertz CT molecular complexity index is 517. The van der Waals surface area contributed by atoms with Gasteiger partial charge in [-0.2, -0.15) is 0 Å². The lowest BCUT2D eigenvalue weighted by Gasteiger charge is -2.17. The van der Waals surface area contributed by atoms with E-state index in [1.165, 1.54) is 6.08 Å². The van der Waals surface area contributed by atoms with E-state index >= 15 is 0 Å². The Morgan fingerprint density at radius 2 is 2.00 bits per heavy atom. The smallest absolute Gasteiger partial charge is 0.408 e. The van der Waals surface area contributed by atoms with E-state index in [0.717, 1.165) is 24.0 Å². The fourth-order valence-electron chi connectivity index (χ4n) is 2.09. The van der Waals surface area contributed by atoms with E-state index in [-0.39, 0.29) is 18.6 Å². The second-order valence-electron chi connectivity index (χ2n) is 4.86. The lowest BCUT2D eigenvalue weighted by Crippen LogP contribution is -2.35. The van der Waals surface area contributed by atoms with Gasteiger partial charge in [-0.3, -0.25) is 4.79 Å². The maximum Gasteiger partial charge on any atom is 0.408 e. The Balaban J connectivity index is 2.01. The first-order valence-corrected chi connectivity index (χ1v) is 6.43. The Labute approximate surface area is 117 Å². The number of carboxylic acid groups (broad SMARTS) is 1. The number of aliphatic carboxylic acids is 1. The number of benzene rings is 1. The summed E-state index contributed by atoms with van der Waals surface area (Å²) >= 11 is 0. The van der Waals surface area contributed by atoms with Crippen molar-refractivity contribution in [2.45, 2.75) is 24.8 Å². The highest BCUT2D eigenvalue weighted by atomic mass is 16.5. The number of alkyl carbamates (subject to hydrolysis) is 1. The Morgan fingerprint density at radius 1 is 1.35 bits per heavy atom. The van der Waals surface area contributed by atoms with Crippen LogP contribution < -0.4 is 5.32 Å². The van der Waals surface area contributed by atoms with E-state index in [4.69, 9.17) is 9.84 Å². The summed E-state index contributed by atoms with van der Waals surface area (Å²) in [7, 11) is 0. The van der Waals surface area contributed by atoms with Crippen molar-refractivity contribution in [2.75, 3.05) is 6.61 Å². The molecule has 5 nitrogen and oxygen atoms in total. The van der Waals surface area contributed by atoms with E-state index in [2.05, 4.69) is 11.9 Å². The zero-order valence-electron chi connectivity index (χ0n) is 11.1. The predicted octanol–water partition coefficient (Wildman–Crippen LogP) is 2.21. The van der Waals surface area contributed by atoms with Gasteiger partial charge >= 0.3 is 12.1 Å². The summed E-state index contributed by atoms with van der Waals surface area (Å²) in [5, 5.41) is 11.6. The van der Waals surface area contributed by atoms with Gasteiger partial charge in [0.1, 0.15) is 6.61 Å². The van der Waals surface area contributed by atoms with Crippen LogP contribution in [0.4, 0.5) is 4.79 Å². The summed E-state index contributed by atoms with van der Waals surface area (Å²) < 4.78 is 4.92. The minimum atomic E-state index is -0.856. The van der Waals surface area contributed by atoms with Crippen molar-refractivity contribution in [1.29, 1.82) is 0 Å². The number of hydrogen-bond acceptors (Lipinski definition) is 3. The average molecular weight is 275 g/mol. The number of amides is 1. The second kappa shape index (κ2) is 5.77. The highest BCUT2D eigenvalue weighted by Crippen LogP contribution is 2.45. The molecule has 0 unspecified atom stereocenters. The van der Waals surface area contributed by atoms with Crippen LogP contribution in [0.15, 0.2) is 36.9 Å². The third-order valence-corrected chi connectivity index (χ3v) is 3.29. The lowest BCUT2D eigenvalue weighted by atomic mass is 10.0. The fraction of sp³-hybridized carbons (Fsp3) is 0.333. The number of carbonyl (C=O) groups is 2. The molecule has 0 heterocycles.